The Morgan fingerprint density at radius 2 is 1.82 bits per heavy atom. The lowest BCUT2D eigenvalue weighted by atomic mass is 9.91. The van der Waals surface area contributed by atoms with Crippen LogP contribution in [0.25, 0.3) is 0 Å². The highest BCUT2D eigenvalue weighted by Gasteiger charge is 2.31. The standard InChI is InChI=1S/C8H15NOS/c1-9-3-7-2-8(4-9)6-11(10)5-7/h7-8H,2-6H2,1H3. The van der Waals surface area contributed by atoms with Crippen LogP contribution in [-0.4, -0.2) is 40.8 Å². The first-order valence-corrected chi connectivity index (χ1v) is 5.76. The fraction of sp³-hybridized carbons (Fsp3) is 1.00. The Morgan fingerprint density at radius 1 is 1.27 bits per heavy atom. The Labute approximate surface area is 70.4 Å². The number of fused-ring (bicyclic) bond motifs is 2. The second kappa shape index (κ2) is 2.87. The molecule has 0 spiro atoms. The third kappa shape index (κ3) is 1.64. The van der Waals surface area contributed by atoms with Gasteiger partial charge in [-0.3, -0.25) is 4.21 Å². The van der Waals surface area contributed by atoms with Gasteiger partial charge in [0.2, 0.25) is 0 Å². The summed E-state index contributed by atoms with van der Waals surface area (Å²) < 4.78 is 11.3. The van der Waals surface area contributed by atoms with Crippen molar-refractivity contribution in [3.05, 3.63) is 0 Å². The lowest BCUT2D eigenvalue weighted by molar-refractivity contribution is 0.168. The van der Waals surface area contributed by atoms with Gasteiger partial charge in [0.15, 0.2) is 0 Å². The van der Waals surface area contributed by atoms with Crippen molar-refractivity contribution in [2.45, 2.75) is 6.42 Å². The first-order chi connectivity index (χ1) is 5.24. The number of rotatable bonds is 0. The normalized spacial score (nSPS) is 45.7. The molecule has 2 heterocycles. The SMILES string of the molecule is CN1CC2CC(C1)CS(=O)C2. The molecule has 0 aromatic carbocycles. The zero-order valence-electron chi connectivity index (χ0n) is 6.95. The summed E-state index contributed by atoms with van der Waals surface area (Å²) in [6.45, 7) is 2.34. The lowest BCUT2D eigenvalue weighted by Crippen LogP contribution is -2.45. The molecule has 11 heavy (non-hydrogen) atoms. The van der Waals surface area contributed by atoms with E-state index in [0.29, 0.717) is 0 Å². The van der Waals surface area contributed by atoms with E-state index in [1.165, 1.54) is 19.5 Å². The maximum atomic E-state index is 11.3. The quantitative estimate of drug-likeness (QED) is 0.526. The van der Waals surface area contributed by atoms with Gasteiger partial charge in [-0.05, 0) is 25.3 Å². The topological polar surface area (TPSA) is 20.3 Å². The van der Waals surface area contributed by atoms with Crippen LogP contribution in [0.5, 0.6) is 0 Å². The number of hydrogen-bond acceptors (Lipinski definition) is 2. The molecule has 0 radical (unpaired) electrons. The summed E-state index contributed by atoms with van der Waals surface area (Å²) in [5.74, 6) is 3.38. The largest absolute Gasteiger partial charge is 0.306 e. The summed E-state index contributed by atoms with van der Waals surface area (Å²) in [6, 6.07) is 0. The molecule has 0 aromatic rings. The summed E-state index contributed by atoms with van der Waals surface area (Å²) in [7, 11) is 1.68. The zero-order valence-corrected chi connectivity index (χ0v) is 7.77. The maximum absolute atomic E-state index is 11.3. The van der Waals surface area contributed by atoms with Crippen LogP contribution in [0.3, 0.4) is 0 Å². The van der Waals surface area contributed by atoms with Crippen LogP contribution < -0.4 is 0 Å². The molecule has 2 aliphatic heterocycles. The molecule has 0 N–H and O–H groups in total. The molecule has 0 amide bonds. The zero-order chi connectivity index (χ0) is 7.84. The van der Waals surface area contributed by atoms with E-state index < -0.39 is 10.8 Å². The molecule has 2 rings (SSSR count). The summed E-state index contributed by atoms with van der Waals surface area (Å²) >= 11 is 0. The van der Waals surface area contributed by atoms with Crippen LogP contribution in [0, 0.1) is 11.8 Å². The van der Waals surface area contributed by atoms with Gasteiger partial charge in [0.05, 0.1) is 0 Å². The van der Waals surface area contributed by atoms with Crippen molar-refractivity contribution in [3.8, 4) is 0 Å². The summed E-state index contributed by atoms with van der Waals surface area (Å²) in [6.07, 6.45) is 1.33. The van der Waals surface area contributed by atoms with E-state index in [2.05, 4.69) is 11.9 Å². The number of piperidine rings is 1. The Kier molecular flexibility index (Phi) is 2.02. The molecule has 2 aliphatic rings. The molecule has 64 valence electrons. The van der Waals surface area contributed by atoms with Crippen molar-refractivity contribution >= 4 is 10.8 Å². The van der Waals surface area contributed by atoms with E-state index in [0.717, 1.165) is 23.3 Å². The molecule has 0 aliphatic carbocycles. The number of likely N-dealkylation sites (tertiary alicyclic amines) is 1. The van der Waals surface area contributed by atoms with Crippen molar-refractivity contribution in [2.75, 3.05) is 31.6 Å². The van der Waals surface area contributed by atoms with Gasteiger partial charge in [0, 0.05) is 35.4 Å². The molecular weight excluding hydrogens is 158 g/mol. The number of nitrogens with zero attached hydrogens (tertiary/aromatic N) is 1. The molecule has 0 saturated carbocycles. The molecule has 0 aromatic heterocycles. The molecule has 2 atom stereocenters. The van der Waals surface area contributed by atoms with Crippen LogP contribution in [0.4, 0.5) is 0 Å². The molecule has 2 bridgehead atoms. The Balaban J connectivity index is 2.05. The third-order valence-electron chi connectivity index (χ3n) is 2.65. The average molecular weight is 173 g/mol. The van der Waals surface area contributed by atoms with Crippen LogP contribution in [-0.2, 0) is 10.8 Å². The minimum Gasteiger partial charge on any atom is -0.306 e. The predicted molar refractivity (Wildman–Crippen MR) is 47.0 cm³/mol. The minimum absolute atomic E-state index is 0.491. The van der Waals surface area contributed by atoms with Crippen LogP contribution in [0.15, 0.2) is 0 Å². The maximum Gasteiger partial charge on any atom is 0.0275 e. The molecule has 2 nitrogen and oxygen atoms in total. The van der Waals surface area contributed by atoms with Crippen molar-refractivity contribution < 1.29 is 4.21 Å². The minimum atomic E-state index is -0.491. The summed E-state index contributed by atoms with van der Waals surface area (Å²) in [5, 5.41) is 0. The average Bonchev–Trinajstić information content (AvgIpc) is 1.82. The van der Waals surface area contributed by atoms with Crippen molar-refractivity contribution in [3.63, 3.8) is 0 Å². The first-order valence-electron chi connectivity index (χ1n) is 4.27. The smallest absolute Gasteiger partial charge is 0.0275 e. The summed E-state index contributed by atoms with van der Waals surface area (Å²) in [5.41, 5.74) is 0. The van der Waals surface area contributed by atoms with Gasteiger partial charge >= 0.3 is 0 Å². The van der Waals surface area contributed by atoms with E-state index in [-0.39, 0.29) is 0 Å². The Bertz CT molecular complexity index is 163. The van der Waals surface area contributed by atoms with Crippen LogP contribution >= 0.6 is 0 Å². The van der Waals surface area contributed by atoms with E-state index in [1.807, 2.05) is 0 Å². The Hall–Kier alpha value is 0.110. The number of hydrogen-bond donors (Lipinski definition) is 0. The van der Waals surface area contributed by atoms with Crippen molar-refractivity contribution in [2.24, 2.45) is 11.8 Å². The van der Waals surface area contributed by atoms with E-state index >= 15 is 0 Å². The fourth-order valence-corrected chi connectivity index (χ4v) is 4.08. The highest BCUT2D eigenvalue weighted by molar-refractivity contribution is 7.85. The van der Waals surface area contributed by atoms with Crippen molar-refractivity contribution in [1.29, 1.82) is 0 Å². The van der Waals surface area contributed by atoms with E-state index in [9.17, 15) is 4.21 Å². The molecule has 2 unspecified atom stereocenters. The molecular formula is C8H15NOS. The van der Waals surface area contributed by atoms with E-state index in [4.69, 9.17) is 0 Å². The van der Waals surface area contributed by atoms with Crippen LogP contribution in [0.1, 0.15) is 6.42 Å². The van der Waals surface area contributed by atoms with Gasteiger partial charge in [-0.1, -0.05) is 0 Å². The molecule has 2 saturated heterocycles. The first kappa shape index (κ1) is 7.74. The van der Waals surface area contributed by atoms with Crippen molar-refractivity contribution in [1.82, 2.24) is 4.90 Å². The summed E-state index contributed by atoms with van der Waals surface area (Å²) in [4.78, 5) is 2.38. The van der Waals surface area contributed by atoms with Gasteiger partial charge in [-0.25, -0.2) is 0 Å². The highest BCUT2D eigenvalue weighted by Crippen LogP contribution is 2.27. The van der Waals surface area contributed by atoms with Gasteiger partial charge in [0.25, 0.3) is 0 Å². The second-order valence-electron chi connectivity index (χ2n) is 3.96. The fourth-order valence-electron chi connectivity index (χ4n) is 2.41. The van der Waals surface area contributed by atoms with Gasteiger partial charge in [-0.15, -0.1) is 0 Å². The van der Waals surface area contributed by atoms with Gasteiger partial charge < -0.3 is 4.90 Å². The molecule has 3 heteroatoms. The third-order valence-corrected chi connectivity index (χ3v) is 4.34. The predicted octanol–water partition coefficient (Wildman–Crippen LogP) is 0.317. The Morgan fingerprint density at radius 3 is 2.36 bits per heavy atom. The highest BCUT2D eigenvalue weighted by atomic mass is 32.2. The van der Waals surface area contributed by atoms with Crippen LogP contribution in [0.2, 0.25) is 0 Å². The lowest BCUT2D eigenvalue weighted by Gasteiger charge is -2.38. The second-order valence-corrected chi connectivity index (χ2v) is 5.51. The van der Waals surface area contributed by atoms with Gasteiger partial charge in [0.1, 0.15) is 0 Å². The van der Waals surface area contributed by atoms with E-state index in [1.54, 1.807) is 0 Å². The monoisotopic (exact) mass is 173 g/mol. The van der Waals surface area contributed by atoms with Gasteiger partial charge in [-0.2, -0.15) is 0 Å². The molecule has 2 fully saturated rings.